The zero-order chi connectivity index (χ0) is 29.0. The molecule has 0 atom stereocenters. The summed E-state index contributed by atoms with van der Waals surface area (Å²) in [6.45, 7) is 5.60. The molecule has 2 fully saturated rings. The van der Waals surface area contributed by atoms with E-state index in [9.17, 15) is 26.4 Å². The number of sulfonamides is 1. The molecule has 39 heavy (non-hydrogen) atoms. The normalized spacial score (nSPS) is 17.3. The monoisotopic (exact) mass is 568 g/mol. The molecule has 0 radical (unpaired) electrons. The van der Waals surface area contributed by atoms with Crippen LogP contribution in [0.2, 0.25) is 0 Å². The molecule has 0 heterocycles. The summed E-state index contributed by atoms with van der Waals surface area (Å²) in [5.41, 5.74) is 3.54. The van der Waals surface area contributed by atoms with Crippen LogP contribution in [0, 0.1) is 20.8 Å². The van der Waals surface area contributed by atoms with Crippen molar-refractivity contribution in [1.82, 2.24) is 5.32 Å². The molecule has 1 amide bonds. The van der Waals surface area contributed by atoms with Gasteiger partial charge in [0.05, 0.1) is 10.3 Å². The molecule has 11 heteroatoms. The van der Waals surface area contributed by atoms with Crippen LogP contribution in [0.4, 0.5) is 18.9 Å². The van der Waals surface area contributed by atoms with Gasteiger partial charge in [0.15, 0.2) is 0 Å². The predicted octanol–water partition coefficient (Wildman–Crippen LogP) is 5.92. The van der Waals surface area contributed by atoms with Gasteiger partial charge in [-0.05, 0) is 75.3 Å². The van der Waals surface area contributed by atoms with Crippen molar-refractivity contribution >= 4 is 27.6 Å². The summed E-state index contributed by atoms with van der Waals surface area (Å²) in [4.78, 5) is 22.3. The number of alkyl halides is 3. The van der Waals surface area contributed by atoms with Crippen LogP contribution in [0.5, 0.6) is 0 Å². The topological polar surface area (TPSA) is 113 Å². The highest BCUT2D eigenvalue weighted by molar-refractivity contribution is 7.92. The first kappa shape index (κ1) is 30.5. The van der Waals surface area contributed by atoms with Gasteiger partial charge in [-0.1, -0.05) is 55.5 Å². The fourth-order valence-corrected chi connectivity index (χ4v) is 6.69. The molecule has 2 aliphatic carbocycles. The largest absolute Gasteiger partial charge is 0.490 e. The van der Waals surface area contributed by atoms with Gasteiger partial charge < -0.3 is 10.4 Å². The number of aliphatic carboxylic acids is 1. The van der Waals surface area contributed by atoms with Gasteiger partial charge in [-0.25, -0.2) is 13.2 Å². The average molecular weight is 569 g/mol. The number of carboxylic acids is 1. The molecule has 214 valence electrons. The molecule has 0 saturated heterocycles. The Hall–Kier alpha value is -3.08. The van der Waals surface area contributed by atoms with Crippen LogP contribution < -0.4 is 10.0 Å². The number of nitrogens with one attached hydrogen (secondary N) is 2. The van der Waals surface area contributed by atoms with Crippen molar-refractivity contribution in [2.24, 2.45) is 0 Å². The lowest BCUT2D eigenvalue weighted by atomic mass is 9.94. The highest BCUT2D eigenvalue weighted by Crippen LogP contribution is 2.49. The lowest BCUT2D eigenvalue weighted by Crippen LogP contribution is -2.41. The summed E-state index contributed by atoms with van der Waals surface area (Å²) in [6.07, 6.45) is 3.64. The Labute approximate surface area is 227 Å². The summed E-state index contributed by atoms with van der Waals surface area (Å²) in [7, 11) is -3.69. The first-order valence-electron chi connectivity index (χ1n) is 13.0. The van der Waals surface area contributed by atoms with E-state index in [-0.39, 0.29) is 11.9 Å². The summed E-state index contributed by atoms with van der Waals surface area (Å²) in [5.74, 6) is -2.63. The van der Waals surface area contributed by atoms with E-state index in [0.29, 0.717) is 10.6 Å². The van der Waals surface area contributed by atoms with E-state index in [4.69, 9.17) is 9.90 Å². The fraction of sp³-hybridized carbons (Fsp3) is 0.500. The Morgan fingerprint density at radius 2 is 1.41 bits per heavy atom. The third-order valence-electron chi connectivity index (χ3n) is 7.18. The van der Waals surface area contributed by atoms with E-state index in [1.54, 1.807) is 12.1 Å². The fourth-order valence-electron chi connectivity index (χ4n) is 5.17. The summed E-state index contributed by atoms with van der Waals surface area (Å²) < 4.78 is 60.5. The minimum absolute atomic E-state index is 0.128. The van der Waals surface area contributed by atoms with Gasteiger partial charge in [-0.3, -0.25) is 9.52 Å². The van der Waals surface area contributed by atoms with Crippen molar-refractivity contribution < 1.29 is 36.3 Å². The number of halogens is 3. The van der Waals surface area contributed by atoms with Crippen molar-refractivity contribution in [2.45, 2.75) is 94.7 Å². The number of carbonyl (C=O) groups excluding carboxylic acids is 1. The number of hydrogen-bond donors (Lipinski definition) is 3. The van der Waals surface area contributed by atoms with Gasteiger partial charge in [0.25, 0.3) is 10.0 Å². The van der Waals surface area contributed by atoms with E-state index in [0.717, 1.165) is 47.9 Å². The number of rotatable bonds is 6. The van der Waals surface area contributed by atoms with E-state index in [1.165, 1.54) is 25.7 Å². The first-order valence-corrected chi connectivity index (χ1v) is 14.5. The molecule has 2 aromatic rings. The van der Waals surface area contributed by atoms with Gasteiger partial charge in [-0.15, -0.1) is 0 Å². The third kappa shape index (κ3) is 7.74. The maximum absolute atomic E-state index is 13.1. The van der Waals surface area contributed by atoms with E-state index >= 15 is 0 Å². The maximum Gasteiger partial charge on any atom is 0.490 e. The summed E-state index contributed by atoms with van der Waals surface area (Å²) >= 11 is 0. The quantitative estimate of drug-likeness (QED) is 0.375. The SMILES string of the molecule is Cc1cc(C)c(S(=O)(=O)Nc2ccc(C3(C(=O)NC4CCCCCC4)CC3)cc2)c(C)c1.O=C(O)C(F)(F)F. The number of carbonyl (C=O) groups is 2. The van der Waals surface area contributed by atoms with Gasteiger partial charge in [0.2, 0.25) is 5.91 Å². The second kappa shape index (κ2) is 12.0. The number of anilines is 1. The van der Waals surface area contributed by atoms with Crippen molar-refractivity contribution in [3.8, 4) is 0 Å². The third-order valence-corrected chi connectivity index (χ3v) is 8.87. The van der Waals surface area contributed by atoms with Gasteiger partial charge in [-0.2, -0.15) is 13.2 Å². The van der Waals surface area contributed by atoms with Crippen LogP contribution in [0.1, 0.15) is 73.6 Å². The smallest absolute Gasteiger partial charge is 0.475 e. The van der Waals surface area contributed by atoms with E-state index in [1.807, 2.05) is 45.0 Å². The first-order chi connectivity index (χ1) is 18.2. The Balaban J connectivity index is 0.000000532. The van der Waals surface area contributed by atoms with Crippen LogP contribution in [0.15, 0.2) is 41.3 Å². The number of aryl methyl sites for hydroxylation is 3. The number of benzene rings is 2. The summed E-state index contributed by atoms with van der Waals surface area (Å²) in [6, 6.07) is 11.4. The van der Waals surface area contributed by atoms with Crippen molar-refractivity contribution in [3.63, 3.8) is 0 Å². The van der Waals surface area contributed by atoms with Gasteiger partial charge in [0.1, 0.15) is 0 Å². The molecule has 7 nitrogen and oxygen atoms in total. The van der Waals surface area contributed by atoms with Crippen LogP contribution >= 0.6 is 0 Å². The van der Waals surface area contributed by atoms with Crippen LogP contribution in [0.25, 0.3) is 0 Å². The standard InChI is InChI=1S/C26H34N2O3S.C2HF3O2/c1-18-16-19(2)24(20(3)17-18)32(30,31)28-23-12-10-21(11-13-23)26(14-15-26)25(29)27-22-8-6-4-5-7-9-22;3-2(4,5)1(6)7/h10-13,16-17,22,28H,4-9,14-15H2,1-3H3,(H,27,29);(H,6,7). The van der Waals surface area contributed by atoms with E-state index < -0.39 is 27.6 Å². The lowest BCUT2D eigenvalue weighted by Gasteiger charge is -2.22. The zero-order valence-electron chi connectivity index (χ0n) is 22.3. The van der Waals surface area contributed by atoms with Crippen molar-refractivity contribution in [3.05, 3.63) is 58.7 Å². The molecule has 2 saturated carbocycles. The highest BCUT2D eigenvalue weighted by atomic mass is 32.2. The average Bonchev–Trinajstić information content (AvgIpc) is 3.64. The molecule has 4 rings (SSSR count). The molecule has 2 aromatic carbocycles. The minimum atomic E-state index is -5.08. The Morgan fingerprint density at radius 3 is 1.85 bits per heavy atom. The van der Waals surface area contributed by atoms with Crippen LogP contribution in [-0.2, 0) is 25.0 Å². The number of amides is 1. The number of carboxylic acid groups (broad SMARTS) is 1. The molecule has 0 aromatic heterocycles. The Bertz CT molecular complexity index is 1270. The van der Waals surface area contributed by atoms with Crippen molar-refractivity contribution in [1.29, 1.82) is 0 Å². The molecule has 0 spiro atoms. The Kier molecular flexibility index (Phi) is 9.35. The molecule has 0 unspecified atom stereocenters. The molecule has 0 bridgehead atoms. The summed E-state index contributed by atoms with van der Waals surface area (Å²) in [5, 5.41) is 10.4. The minimum Gasteiger partial charge on any atom is -0.475 e. The lowest BCUT2D eigenvalue weighted by molar-refractivity contribution is -0.192. The van der Waals surface area contributed by atoms with Gasteiger partial charge >= 0.3 is 12.1 Å². The van der Waals surface area contributed by atoms with E-state index in [2.05, 4.69) is 10.0 Å². The predicted molar refractivity (Wildman–Crippen MR) is 142 cm³/mol. The van der Waals surface area contributed by atoms with Crippen LogP contribution in [-0.4, -0.2) is 37.6 Å². The molecule has 3 N–H and O–H groups in total. The molecule has 2 aliphatic rings. The molecular formula is C28H35F3N2O5S. The Morgan fingerprint density at radius 1 is 0.923 bits per heavy atom. The zero-order valence-corrected chi connectivity index (χ0v) is 23.1. The molecule has 0 aliphatic heterocycles. The van der Waals surface area contributed by atoms with Gasteiger partial charge in [0, 0.05) is 11.7 Å². The maximum atomic E-state index is 13.1. The second-order valence-electron chi connectivity index (χ2n) is 10.5. The number of hydrogen-bond acceptors (Lipinski definition) is 4. The van der Waals surface area contributed by atoms with Crippen LogP contribution in [0.3, 0.4) is 0 Å². The second-order valence-corrected chi connectivity index (χ2v) is 12.1. The van der Waals surface area contributed by atoms with Crippen molar-refractivity contribution in [2.75, 3.05) is 4.72 Å². The molecular weight excluding hydrogens is 533 g/mol. The highest BCUT2D eigenvalue weighted by Gasteiger charge is 2.51.